The molecule has 0 aliphatic rings. The van der Waals surface area contributed by atoms with E-state index in [4.69, 9.17) is 14.7 Å². The van der Waals surface area contributed by atoms with Gasteiger partial charge in [0.15, 0.2) is 18.2 Å². The first kappa shape index (κ1) is 14.7. The van der Waals surface area contributed by atoms with Gasteiger partial charge in [0, 0.05) is 18.3 Å². The normalized spacial score (nSPS) is 9.76. The predicted molar refractivity (Wildman–Crippen MR) is 77.8 cm³/mol. The molecule has 0 radical (unpaired) electrons. The van der Waals surface area contributed by atoms with Crippen LogP contribution in [-0.2, 0) is 6.54 Å². The monoisotopic (exact) mass is 286 g/mol. The number of rotatable bonds is 6. The first-order chi connectivity index (χ1) is 10.2. The summed E-state index contributed by atoms with van der Waals surface area (Å²) in [6, 6.07) is 14.0. The number of halogens is 1. The lowest BCUT2D eigenvalue weighted by Crippen LogP contribution is -2.01. The van der Waals surface area contributed by atoms with Crippen molar-refractivity contribution in [1.29, 1.82) is 5.26 Å². The number of nitrogens with one attached hydrogen (secondary N) is 1. The molecule has 0 heterocycles. The van der Waals surface area contributed by atoms with Crippen LogP contribution in [0.15, 0.2) is 42.5 Å². The topological polar surface area (TPSA) is 54.3 Å². The van der Waals surface area contributed by atoms with E-state index < -0.39 is 0 Å². The Morgan fingerprint density at radius 1 is 1.24 bits per heavy atom. The second kappa shape index (κ2) is 7.15. The van der Waals surface area contributed by atoms with E-state index in [9.17, 15) is 4.39 Å². The predicted octanol–water partition coefficient (Wildman–Crippen LogP) is 3.35. The summed E-state index contributed by atoms with van der Waals surface area (Å²) in [5.41, 5.74) is 1.64. The summed E-state index contributed by atoms with van der Waals surface area (Å²) in [6.07, 6.45) is 0. The zero-order chi connectivity index (χ0) is 15.1. The smallest absolute Gasteiger partial charge is 0.174 e. The Kier molecular flexibility index (Phi) is 4.99. The van der Waals surface area contributed by atoms with Crippen LogP contribution in [0.3, 0.4) is 0 Å². The summed E-state index contributed by atoms with van der Waals surface area (Å²) in [5.74, 6) is 0.455. The maximum Gasteiger partial charge on any atom is 0.174 e. The maximum atomic E-state index is 13.6. The Labute approximate surface area is 122 Å². The van der Waals surface area contributed by atoms with Crippen molar-refractivity contribution in [2.24, 2.45) is 0 Å². The lowest BCUT2D eigenvalue weighted by molar-refractivity contribution is 0.368. The molecule has 2 aromatic carbocycles. The van der Waals surface area contributed by atoms with Crippen molar-refractivity contribution in [3.63, 3.8) is 0 Å². The lowest BCUT2D eigenvalue weighted by Gasteiger charge is -2.09. The highest BCUT2D eigenvalue weighted by Gasteiger charge is 2.03. The molecule has 0 spiro atoms. The molecule has 0 aliphatic carbocycles. The quantitative estimate of drug-likeness (QED) is 0.884. The SMILES string of the molecule is COc1ccc(CNc2cccc(OCC#N)c2)cc1F. The Balaban J connectivity index is 1.99. The fourth-order valence-corrected chi connectivity index (χ4v) is 1.84. The molecule has 0 atom stereocenters. The standard InChI is InChI=1S/C16H15FN2O2/c1-20-16-6-5-12(9-15(16)17)11-19-13-3-2-4-14(10-13)21-8-7-18/h2-6,9-10,19H,8,11H2,1H3. The molecule has 0 aromatic heterocycles. The van der Waals surface area contributed by atoms with Gasteiger partial charge in [-0.05, 0) is 29.8 Å². The molecule has 0 amide bonds. The van der Waals surface area contributed by atoms with Crippen LogP contribution in [0.4, 0.5) is 10.1 Å². The molecule has 2 aromatic rings. The molecule has 21 heavy (non-hydrogen) atoms. The van der Waals surface area contributed by atoms with Crippen LogP contribution in [0, 0.1) is 17.1 Å². The van der Waals surface area contributed by atoms with Gasteiger partial charge in [-0.3, -0.25) is 0 Å². The summed E-state index contributed by atoms with van der Waals surface area (Å²) in [5, 5.41) is 11.7. The first-order valence-corrected chi connectivity index (χ1v) is 6.39. The van der Waals surface area contributed by atoms with Gasteiger partial charge in [0.2, 0.25) is 0 Å². The van der Waals surface area contributed by atoms with Crippen molar-refractivity contribution in [2.75, 3.05) is 19.0 Å². The van der Waals surface area contributed by atoms with Crippen molar-refractivity contribution in [3.8, 4) is 17.6 Å². The zero-order valence-electron chi connectivity index (χ0n) is 11.6. The molecule has 2 rings (SSSR count). The summed E-state index contributed by atoms with van der Waals surface area (Å²) in [7, 11) is 1.43. The molecule has 108 valence electrons. The molecular formula is C16H15FN2O2. The van der Waals surface area contributed by atoms with Crippen LogP contribution in [-0.4, -0.2) is 13.7 Å². The molecule has 0 aliphatic heterocycles. The fraction of sp³-hybridized carbons (Fsp3) is 0.188. The Morgan fingerprint density at radius 3 is 2.81 bits per heavy atom. The van der Waals surface area contributed by atoms with Gasteiger partial charge < -0.3 is 14.8 Å². The van der Waals surface area contributed by atoms with Crippen LogP contribution in [0.1, 0.15) is 5.56 Å². The summed E-state index contributed by atoms with van der Waals surface area (Å²) in [6.45, 7) is 0.482. The maximum absolute atomic E-state index is 13.6. The average molecular weight is 286 g/mol. The Hall–Kier alpha value is -2.74. The highest BCUT2D eigenvalue weighted by Crippen LogP contribution is 2.20. The van der Waals surface area contributed by atoms with Gasteiger partial charge in [-0.15, -0.1) is 0 Å². The van der Waals surface area contributed by atoms with Gasteiger partial charge in [0.25, 0.3) is 0 Å². The molecular weight excluding hydrogens is 271 g/mol. The second-order valence-electron chi connectivity index (χ2n) is 4.30. The van der Waals surface area contributed by atoms with Gasteiger partial charge in [-0.2, -0.15) is 5.26 Å². The second-order valence-corrected chi connectivity index (χ2v) is 4.30. The van der Waals surface area contributed by atoms with E-state index in [0.717, 1.165) is 11.3 Å². The molecule has 0 saturated carbocycles. The highest BCUT2D eigenvalue weighted by molar-refractivity contribution is 5.48. The molecule has 0 fully saturated rings. The van der Waals surface area contributed by atoms with Crippen LogP contribution < -0.4 is 14.8 Å². The minimum atomic E-state index is -0.386. The van der Waals surface area contributed by atoms with Gasteiger partial charge in [-0.25, -0.2) is 4.39 Å². The average Bonchev–Trinajstić information content (AvgIpc) is 2.51. The van der Waals surface area contributed by atoms with Crippen molar-refractivity contribution in [1.82, 2.24) is 0 Å². The number of ether oxygens (including phenoxy) is 2. The van der Waals surface area contributed by atoms with E-state index in [-0.39, 0.29) is 18.2 Å². The fourth-order valence-electron chi connectivity index (χ4n) is 1.84. The van der Waals surface area contributed by atoms with Crippen molar-refractivity contribution >= 4 is 5.69 Å². The number of benzene rings is 2. The van der Waals surface area contributed by atoms with E-state index in [1.165, 1.54) is 13.2 Å². The van der Waals surface area contributed by atoms with Crippen LogP contribution >= 0.6 is 0 Å². The summed E-state index contributed by atoms with van der Waals surface area (Å²) >= 11 is 0. The Bertz CT molecular complexity index is 653. The summed E-state index contributed by atoms with van der Waals surface area (Å²) in [4.78, 5) is 0. The number of anilines is 1. The lowest BCUT2D eigenvalue weighted by atomic mass is 10.2. The number of nitriles is 1. The van der Waals surface area contributed by atoms with Crippen LogP contribution in [0.2, 0.25) is 0 Å². The molecule has 1 N–H and O–H groups in total. The largest absolute Gasteiger partial charge is 0.494 e. The highest BCUT2D eigenvalue weighted by atomic mass is 19.1. The minimum Gasteiger partial charge on any atom is -0.494 e. The van der Waals surface area contributed by atoms with E-state index in [1.54, 1.807) is 24.3 Å². The third-order valence-corrected chi connectivity index (χ3v) is 2.85. The van der Waals surface area contributed by atoms with E-state index in [0.29, 0.717) is 12.3 Å². The zero-order valence-corrected chi connectivity index (χ0v) is 11.6. The number of hydrogen-bond acceptors (Lipinski definition) is 4. The third-order valence-electron chi connectivity index (χ3n) is 2.85. The molecule has 0 saturated heterocycles. The van der Waals surface area contributed by atoms with Gasteiger partial charge in [0.05, 0.1) is 7.11 Å². The van der Waals surface area contributed by atoms with Crippen LogP contribution in [0.25, 0.3) is 0 Å². The molecule has 4 nitrogen and oxygen atoms in total. The number of nitrogens with zero attached hydrogens (tertiary/aromatic N) is 1. The first-order valence-electron chi connectivity index (χ1n) is 6.39. The molecule has 0 bridgehead atoms. The van der Waals surface area contributed by atoms with Crippen LogP contribution in [0.5, 0.6) is 11.5 Å². The van der Waals surface area contributed by atoms with Gasteiger partial charge in [-0.1, -0.05) is 12.1 Å². The van der Waals surface area contributed by atoms with Crippen molar-refractivity contribution in [3.05, 3.63) is 53.8 Å². The number of hydrogen-bond donors (Lipinski definition) is 1. The summed E-state index contributed by atoms with van der Waals surface area (Å²) < 4.78 is 23.7. The Morgan fingerprint density at radius 2 is 2.10 bits per heavy atom. The minimum absolute atomic E-state index is 0.00709. The van der Waals surface area contributed by atoms with E-state index in [2.05, 4.69) is 5.32 Å². The van der Waals surface area contributed by atoms with Gasteiger partial charge in [0.1, 0.15) is 11.8 Å². The van der Waals surface area contributed by atoms with Crippen molar-refractivity contribution in [2.45, 2.75) is 6.54 Å². The van der Waals surface area contributed by atoms with Crippen molar-refractivity contribution < 1.29 is 13.9 Å². The van der Waals surface area contributed by atoms with E-state index >= 15 is 0 Å². The van der Waals surface area contributed by atoms with Gasteiger partial charge >= 0.3 is 0 Å². The number of methoxy groups -OCH3 is 1. The van der Waals surface area contributed by atoms with E-state index in [1.807, 2.05) is 18.2 Å². The third kappa shape index (κ3) is 4.11. The molecule has 5 heteroatoms. The molecule has 0 unspecified atom stereocenters.